The number of rotatable bonds is 4. The fourth-order valence-electron chi connectivity index (χ4n) is 3.26. The van der Waals surface area contributed by atoms with Crippen molar-refractivity contribution in [3.05, 3.63) is 30.0 Å². The molecule has 1 fully saturated rings. The topological polar surface area (TPSA) is 126 Å². The van der Waals surface area contributed by atoms with E-state index in [1.54, 1.807) is 0 Å². The minimum atomic E-state index is -4.64. The number of aromatic nitrogens is 1. The first-order valence-electron chi connectivity index (χ1n) is 8.14. The summed E-state index contributed by atoms with van der Waals surface area (Å²) in [6, 6.07) is 6.08. The molecule has 0 bridgehead atoms. The van der Waals surface area contributed by atoms with Gasteiger partial charge >= 0.3 is 7.82 Å². The second kappa shape index (κ2) is 8.60. The first kappa shape index (κ1) is 19.6. The number of benzene rings is 1. The van der Waals surface area contributed by atoms with Crippen molar-refractivity contribution >= 4 is 30.8 Å². The lowest BCUT2D eigenvalue weighted by molar-refractivity contribution is -0.105. The molecule has 5 N–H and O–H groups in total. The van der Waals surface area contributed by atoms with Crippen molar-refractivity contribution in [2.75, 3.05) is 25.0 Å². The molecule has 9 heteroatoms. The van der Waals surface area contributed by atoms with Crippen LogP contribution in [-0.4, -0.2) is 50.6 Å². The second-order valence-corrected chi connectivity index (χ2v) is 6.98. The van der Waals surface area contributed by atoms with E-state index in [0.29, 0.717) is 5.92 Å². The molecule has 1 aromatic carbocycles. The van der Waals surface area contributed by atoms with Gasteiger partial charge in [-0.1, -0.05) is 19.1 Å². The Labute approximate surface area is 146 Å². The van der Waals surface area contributed by atoms with Crippen LogP contribution in [0.1, 0.15) is 31.2 Å². The number of para-hydroxylation sites is 1. The molecule has 1 aliphatic heterocycles. The highest BCUT2D eigenvalue weighted by Crippen LogP contribution is 2.35. The van der Waals surface area contributed by atoms with E-state index in [-0.39, 0.29) is 0 Å². The maximum atomic E-state index is 10.7. The molecule has 0 spiro atoms. The number of hydrogen-bond acceptors (Lipinski definition) is 3. The minimum Gasteiger partial charge on any atom is -0.359 e. The zero-order valence-electron chi connectivity index (χ0n) is 14.1. The predicted octanol–water partition coefficient (Wildman–Crippen LogP) is 2.01. The third-order valence-corrected chi connectivity index (χ3v) is 4.44. The number of carbonyl (C=O) groups is 1. The highest BCUT2D eigenvalue weighted by Gasteiger charge is 2.22. The first-order valence-corrected chi connectivity index (χ1v) is 9.70. The van der Waals surface area contributed by atoms with Crippen LogP contribution in [0.5, 0.6) is 0 Å². The van der Waals surface area contributed by atoms with Gasteiger partial charge in [-0.3, -0.25) is 4.79 Å². The van der Waals surface area contributed by atoms with Crippen LogP contribution in [-0.2, 0) is 9.36 Å². The van der Waals surface area contributed by atoms with Gasteiger partial charge in [0.1, 0.15) is 0 Å². The molecule has 1 amide bonds. The second-order valence-electron chi connectivity index (χ2n) is 5.96. The largest absolute Gasteiger partial charge is 0.466 e. The molecule has 138 valence electrons. The van der Waals surface area contributed by atoms with Crippen molar-refractivity contribution in [2.45, 2.75) is 25.7 Å². The van der Waals surface area contributed by atoms with Gasteiger partial charge in [-0.25, -0.2) is 4.57 Å². The van der Waals surface area contributed by atoms with Crippen LogP contribution in [0.3, 0.4) is 0 Å². The highest BCUT2D eigenvalue weighted by atomic mass is 31.2. The van der Waals surface area contributed by atoms with Gasteiger partial charge < -0.3 is 29.9 Å². The average Bonchev–Trinajstić information content (AvgIpc) is 2.99. The number of aromatic amines is 1. The minimum absolute atomic E-state index is 0.623. The molecule has 25 heavy (non-hydrogen) atoms. The number of likely N-dealkylation sites (tertiary alicyclic amines) is 1. The molecule has 0 radical (unpaired) electrons. The quantitative estimate of drug-likeness (QED) is 0.415. The van der Waals surface area contributed by atoms with Gasteiger partial charge in [-0.05, 0) is 50.0 Å². The predicted molar refractivity (Wildman–Crippen MR) is 96.3 cm³/mol. The maximum Gasteiger partial charge on any atom is 0.466 e. The molecule has 0 atom stereocenters. The Morgan fingerprint density at radius 3 is 2.52 bits per heavy atom. The summed E-state index contributed by atoms with van der Waals surface area (Å²) >= 11 is 0. The molecular formula is C16H24N3O5P. The molecule has 1 aromatic heterocycles. The van der Waals surface area contributed by atoms with Crippen molar-refractivity contribution in [3.8, 4) is 0 Å². The Balaban J connectivity index is 0.000000399. The van der Waals surface area contributed by atoms with Gasteiger partial charge in [0.2, 0.25) is 6.41 Å². The Bertz CT molecular complexity index is 741. The zero-order valence-corrected chi connectivity index (χ0v) is 14.9. The van der Waals surface area contributed by atoms with E-state index in [9.17, 15) is 4.79 Å². The van der Waals surface area contributed by atoms with Crippen LogP contribution in [0.25, 0.3) is 10.9 Å². The van der Waals surface area contributed by atoms with Crippen LogP contribution in [0.15, 0.2) is 24.4 Å². The smallest absolute Gasteiger partial charge is 0.359 e. The molecule has 0 saturated carbocycles. The number of nitrogens with one attached hydrogen (secondary N) is 2. The summed E-state index contributed by atoms with van der Waals surface area (Å²) in [5.74, 6) is 0.623. The van der Waals surface area contributed by atoms with Crippen LogP contribution >= 0.6 is 7.82 Å². The van der Waals surface area contributed by atoms with Crippen molar-refractivity contribution in [2.24, 2.45) is 0 Å². The zero-order chi connectivity index (χ0) is 18.4. The first-order chi connectivity index (χ1) is 11.8. The number of H-pyrrole nitrogens is 1. The van der Waals surface area contributed by atoms with Crippen molar-refractivity contribution in [1.82, 2.24) is 9.88 Å². The lowest BCUT2D eigenvalue weighted by atomic mass is 9.89. The Hall–Kier alpha value is -1.70. The van der Waals surface area contributed by atoms with Crippen LogP contribution in [0, 0.1) is 0 Å². The summed E-state index contributed by atoms with van der Waals surface area (Å²) in [5, 5.41) is 4.01. The lowest BCUT2D eigenvalue weighted by Gasteiger charge is -2.30. The lowest BCUT2D eigenvalue weighted by Crippen LogP contribution is -2.32. The van der Waals surface area contributed by atoms with E-state index in [1.165, 1.54) is 36.9 Å². The third-order valence-electron chi connectivity index (χ3n) is 4.44. The number of piperidine rings is 1. The van der Waals surface area contributed by atoms with E-state index in [4.69, 9.17) is 19.2 Å². The van der Waals surface area contributed by atoms with Crippen LogP contribution < -0.4 is 5.32 Å². The van der Waals surface area contributed by atoms with Crippen molar-refractivity contribution in [3.63, 3.8) is 0 Å². The molecule has 2 aromatic rings. The average molecular weight is 369 g/mol. The molecule has 0 aliphatic carbocycles. The number of hydrogen-bond donors (Lipinski definition) is 5. The van der Waals surface area contributed by atoms with Gasteiger partial charge in [0, 0.05) is 11.6 Å². The van der Waals surface area contributed by atoms with Crippen LogP contribution in [0.4, 0.5) is 5.69 Å². The molecule has 3 rings (SSSR count). The van der Waals surface area contributed by atoms with E-state index >= 15 is 0 Å². The fourth-order valence-corrected chi connectivity index (χ4v) is 3.26. The summed E-state index contributed by atoms with van der Waals surface area (Å²) in [7, 11) is -4.64. The Morgan fingerprint density at radius 1 is 1.32 bits per heavy atom. The van der Waals surface area contributed by atoms with Gasteiger partial charge in [0.25, 0.3) is 0 Å². The molecule has 1 aliphatic rings. The fraction of sp³-hybridized carbons (Fsp3) is 0.438. The normalized spacial score (nSPS) is 16.3. The van der Waals surface area contributed by atoms with E-state index in [1.807, 2.05) is 12.1 Å². The number of amides is 1. The van der Waals surface area contributed by atoms with Gasteiger partial charge in [-0.15, -0.1) is 0 Å². The maximum absolute atomic E-state index is 10.7. The number of phosphoric acid groups is 1. The Morgan fingerprint density at radius 2 is 1.96 bits per heavy atom. The summed E-state index contributed by atoms with van der Waals surface area (Å²) in [6.07, 6.45) is 5.28. The standard InChI is InChI=1S/C16H21N3O.H3O4P/c1-2-19-8-6-12(7-9-19)14-10-17-16-13(14)4-3-5-15(16)18-11-20;1-5(2,3)4/h3-5,10-12,17H,2,6-9H2,1H3,(H,18,20);(H3,1,2,3,4). The molecule has 8 nitrogen and oxygen atoms in total. The molecule has 0 unspecified atom stereocenters. The van der Waals surface area contributed by atoms with E-state index in [0.717, 1.165) is 24.2 Å². The molecule has 2 heterocycles. The third kappa shape index (κ3) is 5.66. The van der Waals surface area contributed by atoms with Gasteiger partial charge in [0.15, 0.2) is 0 Å². The number of anilines is 1. The SMILES string of the molecule is CCN1CCC(c2c[nH]c3c(NC=O)cccc23)CC1.O=P(O)(O)O. The number of carbonyl (C=O) groups excluding carboxylic acids is 1. The van der Waals surface area contributed by atoms with E-state index < -0.39 is 7.82 Å². The van der Waals surface area contributed by atoms with Gasteiger partial charge in [0.05, 0.1) is 11.2 Å². The summed E-state index contributed by atoms with van der Waals surface area (Å²) < 4.78 is 8.88. The number of fused-ring (bicyclic) bond motifs is 1. The number of nitrogens with zero attached hydrogens (tertiary/aromatic N) is 1. The van der Waals surface area contributed by atoms with E-state index in [2.05, 4.69) is 34.4 Å². The summed E-state index contributed by atoms with van der Waals surface area (Å²) in [4.78, 5) is 38.1. The monoisotopic (exact) mass is 369 g/mol. The Kier molecular flexibility index (Phi) is 6.75. The highest BCUT2D eigenvalue weighted by molar-refractivity contribution is 7.45. The summed E-state index contributed by atoms with van der Waals surface area (Å²) in [6.45, 7) is 5.73. The van der Waals surface area contributed by atoms with Gasteiger partial charge in [-0.2, -0.15) is 0 Å². The molecular weight excluding hydrogens is 345 g/mol. The van der Waals surface area contributed by atoms with Crippen molar-refractivity contribution in [1.29, 1.82) is 0 Å². The van der Waals surface area contributed by atoms with Crippen molar-refractivity contribution < 1.29 is 24.0 Å². The summed E-state index contributed by atoms with van der Waals surface area (Å²) in [5.41, 5.74) is 3.28. The van der Waals surface area contributed by atoms with Crippen LogP contribution in [0.2, 0.25) is 0 Å². The molecule has 1 saturated heterocycles.